The SMILES string of the molecule is CCn1c(-c2cc(N3CCN(C4CC4)CC3)cnc2C(C)OC)c(CC(C)(C)COC=O)c2cc(N(CCOC)CCC(C(N)C=O)N3CC4(COC4)C3)ccc21. The zero-order chi connectivity index (χ0) is 40.3. The first-order valence-electron chi connectivity index (χ1n) is 21.0. The average Bonchev–Trinajstić information content (AvgIpc) is 4.00. The Hall–Kier alpha value is -3.59. The molecule has 13 nitrogen and oxygen atoms in total. The lowest BCUT2D eigenvalue weighted by Gasteiger charge is -2.58. The molecule has 2 aromatic heterocycles. The summed E-state index contributed by atoms with van der Waals surface area (Å²) in [4.78, 5) is 38.5. The van der Waals surface area contributed by atoms with Crippen molar-refractivity contribution < 1.29 is 28.5 Å². The van der Waals surface area contributed by atoms with Crippen molar-refractivity contribution in [3.05, 3.63) is 41.7 Å². The summed E-state index contributed by atoms with van der Waals surface area (Å²) in [6, 6.07) is 9.26. The highest BCUT2D eigenvalue weighted by Crippen LogP contribution is 2.43. The Labute approximate surface area is 338 Å². The van der Waals surface area contributed by atoms with Gasteiger partial charge < -0.3 is 43.8 Å². The van der Waals surface area contributed by atoms with Gasteiger partial charge in [-0.05, 0) is 69.4 Å². The molecule has 0 bridgehead atoms. The fourth-order valence-corrected chi connectivity index (χ4v) is 9.45. The van der Waals surface area contributed by atoms with Crippen molar-refractivity contribution in [1.82, 2.24) is 19.4 Å². The number of aromatic nitrogens is 2. The second kappa shape index (κ2) is 17.7. The van der Waals surface area contributed by atoms with E-state index in [0.29, 0.717) is 39.2 Å². The van der Waals surface area contributed by atoms with Crippen LogP contribution in [0.4, 0.5) is 11.4 Å². The van der Waals surface area contributed by atoms with Gasteiger partial charge >= 0.3 is 0 Å². The molecule has 4 fully saturated rings. The smallest absolute Gasteiger partial charge is 0.293 e. The van der Waals surface area contributed by atoms with E-state index in [1.165, 1.54) is 18.4 Å². The standard InChI is InChI=1S/C44H65N7O6/c1-7-51-39-11-10-33(47(18-19-54-5)13-12-40(38(45)24-52)50-25-44(26-50)28-56-29-44)20-35(39)37(22-43(3,4)27-57-30-53)42(51)36-21-34(23-46-41(36)31(2)55-6)49-16-14-48(15-17-49)32-8-9-32/h10-11,20-21,23-24,30-32,38,40H,7-9,12-19,22,25-29,45H2,1-6H3. The van der Waals surface area contributed by atoms with Gasteiger partial charge in [0.1, 0.15) is 6.29 Å². The molecule has 4 aliphatic rings. The number of benzene rings is 1. The Morgan fingerprint density at radius 2 is 1.84 bits per heavy atom. The summed E-state index contributed by atoms with van der Waals surface area (Å²) in [5, 5.41) is 1.15. The number of methoxy groups -OCH3 is 2. The van der Waals surface area contributed by atoms with E-state index in [4.69, 9.17) is 29.7 Å². The third-order valence-corrected chi connectivity index (χ3v) is 12.9. The van der Waals surface area contributed by atoms with Crippen LogP contribution in [0.1, 0.15) is 64.3 Å². The van der Waals surface area contributed by atoms with Gasteiger partial charge in [0.25, 0.3) is 6.47 Å². The highest BCUT2D eigenvalue weighted by Gasteiger charge is 2.51. The molecule has 3 unspecified atom stereocenters. The average molecular weight is 788 g/mol. The van der Waals surface area contributed by atoms with E-state index in [1.54, 1.807) is 14.2 Å². The van der Waals surface area contributed by atoms with Crippen LogP contribution in [0.15, 0.2) is 30.5 Å². The van der Waals surface area contributed by atoms with Gasteiger partial charge in [-0.3, -0.25) is 19.6 Å². The van der Waals surface area contributed by atoms with Crippen LogP contribution >= 0.6 is 0 Å². The molecule has 5 heterocycles. The maximum Gasteiger partial charge on any atom is 0.293 e. The third kappa shape index (κ3) is 8.89. The molecule has 0 amide bonds. The van der Waals surface area contributed by atoms with Gasteiger partial charge in [-0.25, -0.2) is 0 Å². The van der Waals surface area contributed by atoms with E-state index in [0.717, 1.165) is 117 Å². The van der Waals surface area contributed by atoms with Gasteiger partial charge in [-0.2, -0.15) is 0 Å². The van der Waals surface area contributed by atoms with Gasteiger partial charge in [-0.15, -0.1) is 0 Å². The third-order valence-electron chi connectivity index (χ3n) is 12.9. The highest BCUT2D eigenvalue weighted by molar-refractivity contribution is 5.95. The molecule has 3 saturated heterocycles. The molecule has 1 aliphatic carbocycles. The molecule has 2 N–H and O–H groups in total. The second-order valence-electron chi connectivity index (χ2n) is 17.7. The number of likely N-dealkylation sites (tertiary alicyclic amines) is 1. The number of aryl methyl sites for hydroxylation is 1. The van der Waals surface area contributed by atoms with Gasteiger partial charge in [-0.1, -0.05) is 13.8 Å². The Morgan fingerprint density at radius 3 is 2.46 bits per heavy atom. The summed E-state index contributed by atoms with van der Waals surface area (Å²) in [5.74, 6) is 0. The van der Waals surface area contributed by atoms with E-state index in [1.807, 2.05) is 6.20 Å². The first kappa shape index (κ1) is 41.6. The van der Waals surface area contributed by atoms with Crippen molar-refractivity contribution in [2.45, 2.75) is 84.2 Å². The first-order valence-corrected chi connectivity index (χ1v) is 21.0. The number of carbonyl (C=O) groups is 2. The molecule has 1 aromatic carbocycles. The van der Waals surface area contributed by atoms with E-state index in [2.05, 4.69) is 76.1 Å². The fraction of sp³-hybridized carbons (Fsp3) is 0.659. The molecule has 3 aromatic rings. The number of aldehydes is 1. The van der Waals surface area contributed by atoms with Crippen molar-refractivity contribution in [3.63, 3.8) is 0 Å². The molecule has 13 heteroatoms. The molecule has 1 saturated carbocycles. The number of hydrogen-bond donors (Lipinski definition) is 1. The minimum atomic E-state index is -0.561. The predicted molar refractivity (Wildman–Crippen MR) is 224 cm³/mol. The number of nitrogens with zero attached hydrogens (tertiary/aromatic N) is 6. The maximum atomic E-state index is 12.0. The number of nitrogens with two attached hydrogens (primary N) is 1. The van der Waals surface area contributed by atoms with Crippen molar-refractivity contribution in [2.75, 3.05) is 103 Å². The fourth-order valence-electron chi connectivity index (χ4n) is 9.45. The molecule has 0 radical (unpaired) electrons. The molecule has 7 rings (SSSR count). The van der Waals surface area contributed by atoms with Crippen molar-refractivity contribution in [1.29, 1.82) is 0 Å². The lowest BCUT2D eigenvalue weighted by Crippen LogP contribution is -2.70. The summed E-state index contributed by atoms with van der Waals surface area (Å²) in [7, 11) is 3.47. The monoisotopic (exact) mass is 787 g/mol. The molecule has 1 spiro atoms. The normalized spacial score (nSPS) is 20.2. The Balaban J connectivity index is 1.29. The van der Waals surface area contributed by atoms with Gasteiger partial charge in [0.15, 0.2) is 0 Å². The Kier molecular flexibility index (Phi) is 12.9. The number of hydrogen-bond acceptors (Lipinski definition) is 12. The summed E-state index contributed by atoms with van der Waals surface area (Å²) in [6.45, 7) is 19.6. The zero-order valence-corrected chi connectivity index (χ0v) is 35.1. The number of piperazine rings is 1. The van der Waals surface area contributed by atoms with Crippen LogP contribution in [0, 0.1) is 10.8 Å². The van der Waals surface area contributed by atoms with Crippen LogP contribution in [0.25, 0.3) is 22.2 Å². The lowest BCUT2D eigenvalue weighted by molar-refractivity contribution is -0.199. The topological polar surface area (TPSA) is 128 Å². The molecule has 312 valence electrons. The summed E-state index contributed by atoms with van der Waals surface area (Å²) in [6.07, 6.45) is 6.75. The van der Waals surface area contributed by atoms with Crippen LogP contribution in [0.5, 0.6) is 0 Å². The number of pyridine rings is 1. The van der Waals surface area contributed by atoms with Gasteiger partial charge in [0.05, 0.1) is 61.8 Å². The second-order valence-corrected chi connectivity index (χ2v) is 17.7. The first-order chi connectivity index (χ1) is 27.5. The lowest BCUT2D eigenvalue weighted by atomic mass is 9.76. The van der Waals surface area contributed by atoms with Gasteiger partial charge in [0, 0.05) is 118 Å². The summed E-state index contributed by atoms with van der Waals surface area (Å²) < 4.78 is 24.9. The van der Waals surface area contributed by atoms with Crippen molar-refractivity contribution in [2.24, 2.45) is 16.6 Å². The van der Waals surface area contributed by atoms with Crippen LogP contribution in [-0.4, -0.2) is 143 Å². The largest absolute Gasteiger partial charge is 0.467 e. The van der Waals surface area contributed by atoms with Crippen molar-refractivity contribution in [3.8, 4) is 11.3 Å². The van der Waals surface area contributed by atoms with Crippen LogP contribution in [0.2, 0.25) is 0 Å². The zero-order valence-electron chi connectivity index (χ0n) is 35.1. The number of fused-ring (bicyclic) bond motifs is 1. The Bertz CT molecular complexity index is 1840. The van der Waals surface area contributed by atoms with Gasteiger partial charge in [0.2, 0.25) is 0 Å². The quantitative estimate of drug-likeness (QED) is 0.153. The maximum absolute atomic E-state index is 12.0. The van der Waals surface area contributed by atoms with E-state index < -0.39 is 6.04 Å². The summed E-state index contributed by atoms with van der Waals surface area (Å²) in [5.41, 5.74) is 14.0. The van der Waals surface area contributed by atoms with Crippen LogP contribution in [-0.2, 0) is 41.5 Å². The van der Waals surface area contributed by atoms with E-state index in [9.17, 15) is 9.59 Å². The minimum Gasteiger partial charge on any atom is -0.467 e. The Morgan fingerprint density at radius 1 is 1.09 bits per heavy atom. The van der Waals surface area contributed by atoms with Crippen LogP contribution in [0.3, 0.4) is 0 Å². The molecule has 3 aliphatic heterocycles. The molecule has 57 heavy (non-hydrogen) atoms. The number of anilines is 2. The number of ether oxygens (including phenoxy) is 4. The van der Waals surface area contributed by atoms with Crippen LogP contribution < -0.4 is 15.5 Å². The van der Waals surface area contributed by atoms with Crippen molar-refractivity contribution >= 4 is 35.0 Å². The van der Waals surface area contributed by atoms with E-state index >= 15 is 0 Å². The minimum absolute atomic E-state index is 0.0536. The summed E-state index contributed by atoms with van der Waals surface area (Å²) >= 11 is 0. The number of rotatable bonds is 21. The highest BCUT2D eigenvalue weighted by atomic mass is 16.5. The predicted octanol–water partition coefficient (Wildman–Crippen LogP) is 4.53. The molecule has 3 atom stereocenters. The van der Waals surface area contributed by atoms with E-state index in [-0.39, 0.29) is 23.0 Å². The number of carbonyl (C=O) groups excluding carboxylic acids is 2. The molecular weight excluding hydrogens is 723 g/mol. The molecular formula is C44H65N7O6.